The highest BCUT2D eigenvalue weighted by Gasteiger charge is 2.36. The Morgan fingerprint density at radius 2 is 1.94 bits per heavy atom. The standard InChI is InChI=1S/C14H16N2O2/c1-14(2)12(9-13(17)18-14)16(3)15-10-11-7-5-4-6-8-11/h4-10H,1-3H3/b15-10+. The van der Waals surface area contributed by atoms with Gasteiger partial charge in [-0.2, -0.15) is 5.10 Å². The van der Waals surface area contributed by atoms with Crippen molar-refractivity contribution in [2.24, 2.45) is 5.10 Å². The van der Waals surface area contributed by atoms with E-state index in [-0.39, 0.29) is 5.97 Å². The zero-order valence-electron chi connectivity index (χ0n) is 10.8. The van der Waals surface area contributed by atoms with E-state index < -0.39 is 5.60 Å². The van der Waals surface area contributed by atoms with Crippen LogP contribution in [-0.4, -0.2) is 29.8 Å². The van der Waals surface area contributed by atoms with Crippen LogP contribution in [-0.2, 0) is 9.53 Å². The fourth-order valence-electron chi connectivity index (χ4n) is 1.86. The van der Waals surface area contributed by atoms with Gasteiger partial charge in [-0.05, 0) is 19.4 Å². The lowest BCUT2D eigenvalue weighted by molar-refractivity contribution is -0.144. The number of hydrazone groups is 1. The Balaban J connectivity index is 2.14. The Labute approximate surface area is 107 Å². The molecule has 1 aliphatic heterocycles. The first kappa shape index (κ1) is 12.4. The molecule has 0 spiro atoms. The normalized spacial score (nSPS) is 17.7. The van der Waals surface area contributed by atoms with Crippen LogP contribution in [0.2, 0.25) is 0 Å². The summed E-state index contributed by atoms with van der Waals surface area (Å²) >= 11 is 0. The highest BCUT2D eigenvalue weighted by molar-refractivity contribution is 5.86. The van der Waals surface area contributed by atoms with E-state index in [1.807, 2.05) is 44.2 Å². The highest BCUT2D eigenvalue weighted by atomic mass is 16.6. The molecule has 0 unspecified atom stereocenters. The van der Waals surface area contributed by atoms with Crippen LogP contribution in [0.15, 0.2) is 47.2 Å². The van der Waals surface area contributed by atoms with Crippen molar-refractivity contribution in [3.8, 4) is 0 Å². The minimum atomic E-state index is -0.625. The molecule has 94 valence electrons. The Hall–Kier alpha value is -2.10. The number of carbonyl (C=O) groups excluding carboxylic acids is 1. The van der Waals surface area contributed by atoms with Crippen LogP contribution in [0.4, 0.5) is 0 Å². The third-order valence-corrected chi connectivity index (χ3v) is 2.76. The van der Waals surface area contributed by atoms with Crippen LogP contribution in [0, 0.1) is 0 Å². The number of rotatable bonds is 3. The molecule has 4 heteroatoms. The number of benzene rings is 1. The summed E-state index contributed by atoms with van der Waals surface area (Å²) in [6, 6.07) is 9.79. The van der Waals surface area contributed by atoms with E-state index in [2.05, 4.69) is 5.10 Å². The van der Waals surface area contributed by atoms with Crippen LogP contribution in [0.5, 0.6) is 0 Å². The summed E-state index contributed by atoms with van der Waals surface area (Å²) in [6.07, 6.45) is 3.22. The molecule has 0 amide bonds. The largest absolute Gasteiger partial charge is 0.450 e. The van der Waals surface area contributed by atoms with Gasteiger partial charge in [0.15, 0.2) is 0 Å². The number of hydrogen-bond donors (Lipinski definition) is 0. The number of esters is 1. The van der Waals surface area contributed by atoms with Gasteiger partial charge in [0, 0.05) is 13.1 Å². The SMILES string of the molecule is CN(/N=C/c1ccccc1)C1=CC(=O)OC1(C)C. The molecule has 0 aliphatic carbocycles. The van der Waals surface area contributed by atoms with E-state index in [1.165, 1.54) is 6.08 Å². The number of likely N-dealkylation sites (N-methyl/N-ethyl adjacent to an activating group) is 1. The average molecular weight is 244 g/mol. The van der Waals surface area contributed by atoms with Crippen molar-refractivity contribution < 1.29 is 9.53 Å². The second-order valence-electron chi connectivity index (χ2n) is 4.64. The Bertz CT molecular complexity index is 504. The second kappa shape index (κ2) is 4.64. The maximum atomic E-state index is 11.3. The zero-order chi connectivity index (χ0) is 13.2. The molecule has 1 heterocycles. The van der Waals surface area contributed by atoms with Gasteiger partial charge in [-0.25, -0.2) is 4.79 Å². The smallest absolute Gasteiger partial charge is 0.333 e. The van der Waals surface area contributed by atoms with Gasteiger partial charge in [-0.3, -0.25) is 5.01 Å². The number of hydrogen-bond acceptors (Lipinski definition) is 4. The summed E-state index contributed by atoms with van der Waals surface area (Å²) in [6.45, 7) is 3.69. The Morgan fingerprint density at radius 1 is 1.28 bits per heavy atom. The Kier molecular flexibility index (Phi) is 3.19. The summed E-state index contributed by atoms with van der Waals surface area (Å²) in [5, 5.41) is 5.98. The molecule has 0 N–H and O–H groups in total. The van der Waals surface area contributed by atoms with Crippen molar-refractivity contribution in [2.45, 2.75) is 19.4 Å². The van der Waals surface area contributed by atoms with Crippen molar-refractivity contribution >= 4 is 12.2 Å². The molecule has 0 bridgehead atoms. The third kappa shape index (κ3) is 2.59. The first-order valence-electron chi connectivity index (χ1n) is 5.77. The summed E-state index contributed by atoms with van der Waals surface area (Å²) < 4.78 is 5.19. The second-order valence-corrected chi connectivity index (χ2v) is 4.64. The van der Waals surface area contributed by atoms with Crippen molar-refractivity contribution in [3.05, 3.63) is 47.7 Å². The molecule has 0 radical (unpaired) electrons. The number of ether oxygens (including phenoxy) is 1. The highest BCUT2D eigenvalue weighted by Crippen LogP contribution is 2.29. The summed E-state index contributed by atoms with van der Waals surface area (Å²) in [5.74, 6) is -0.322. The molecule has 0 aromatic heterocycles. The maximum absolute atomic E-state index is 11.3. The molecular weight excluding hydrogens is 228 g/mol. The predicted molar refractivity (Wildman–Crippen MR) is 70.1 cm³/mol. The molecular formula is C14H16N2O2. The minimum Gasteiger partial charge on any atom is -0.450 e. The molecule has 0 atom stereocenters. The molecule has 0 saturated heterocycles. The van der Waals surface area contributed by atoms with Gasteiger partial charge >= 0.3 is 5.97 Å². The van der Waals surface area contributed by atoms with Crippen LogP contribution in [0.1, 0.15) is 19.4 Å². The lowest BCUT2D eigenvalue weighted by Crippen LogP contribution is -2.30. The molecule has 1 aromatic rings. The van der Waals surface area contributed by atoms with Gasteiger partial charge in [0.1, 0.15) is 5.60 Å². The van der Waals surface area contributed by atoms with Gasteiger partial charge < -0.3 is 4.74 Å². The van der Waals surface area contributed by atoms with Crippen LogP contribution < -0.4 is 0 Å². The van der Waals surface area contributed by atoms with Gasteiger partial charge in [0.25, 0.3) is 0 Å². The van der Waals surface area contributed by atoms with E-state index >= 15 is 0 Å². The van der Waals surface area contributed by atoms with Crippen molar-refractivity contribution in [3.63, 3.8) is 0 Å². The van der Waals surface area contributed by atoms with Gasteiger partial charge in [-0.15, -0.1) is 0 Å². The van der Waals surface area contributed by atoms with Crippen LogP contribution in [0.3, 0.4) is 0 Å². The summed E-state index contributed by atoms with van der Waals surface area (Å²) in [5.41, 5.74) is 1.13. The van der Waals surface area contributed by atoms with Crippen LogP contribution in [0.25, 0.3) is 0 Å². The van der Waals surface area contributed by atoms with Crippen molar-refractivity contribution in [1.29, 1.82) is 0 Å². The molecule has 0 fully saturated rings. The van der Waals surface area contributed by atoms with Crippen molar-refractivity contribution in [1.82, 2.24) is 5.01 Å². The van der Waals surface area contributed by atoms with E-state index in [0.29, 0.717) is 0 Å². The zero-order valence-corrected chi connectivity index (χ0v) is 10.8. The quantitative estimate of drug-likeness (QED) is 0.465. The monoisotopic (exact) mass is 244 g/mol. The van der Waals surface area contributed by atoms with E-state index in [4.69, 9.17) is 4.74 Å². The fraction of sp³-hybridized carbons (Fsp3) is 0.286. The minimum absolute atomic E-state index is 0.322. The lowest BCUT2D eigenvalue weighted by atomic mass is 10.1. The Morgan fingerprint density at radius 3 is 2.50 bits per heavy atom. The first-order chi connectivity index (χ1) is 8.49. The molecule has 1 aromatic carbocycles. The number of carbonyl (C=O) groups is 1. The average Bonchev–Trinajstić information content (AvgIpc) is 2.61. The number of nitrogens with zero attached hydrogens (tertiary/aromatic N) is 2. The lowest BCUT2D eigenvalue weighted by Gasteiger charge is -2.26. The van der Waals surface area contributed by atoms with E-state index in [9.17, 15) is 4.79 Å². The van der Waals surface area contributed by atoms with E-state index in [0.717, 1.165) is 11.3 Å². The topological polar surface area (TPSA) is 41.9 Å². The third-order valence-electron chi connectivity index (χ3n) is 2.76. The molecule has 1 aliphatic rings. The fourth-order valence-corrected chi connectivity index (χ4v) is 1.86. The number of cyclic esters (lactones) is 1. The van der Waals surface area contributed by atoms with Gasteiger partial charge in [-0.1, -0.05) is 30.3 Å². The molecule has 2 rings (SSSR count). The first-order valence-corrected chi connectivity index (χ1v) is 5.77. The van der Waals surface area contributed by atoms with Gasteiger partial charge in [0.2, 0.25) is 0 Å². The molecule has 4 nitrogen and oxygen atoms in total. The predicted octanol–water partition coefficient (Wildman–Crippen LogP) is 2.17. The van der Waals surface area contributed by atoms with Crippen molar-refractivity contribution in [2.75, 3.05) is 7.05 Å². The summed E-state index contributed by atoms with van der Waals surface area (Å²) in [4.78, 5) is 11.3. The molecule has 0 saturated carbocycles. The maximum Gasteiger partial charge on any atom is 0.333 e. The van der Waals surface area contributed by atoms with E-state index in [1.54, 1.807) is 18.3 Å². The van der Waals surface area contributed by atoms with Crippen LogP contribution >= 0.6 is 0 Å². The molecule has 18 heavy (non-hydrogen) atoms. The summed E-state index contributed by atoms with van der Waals surface area (Å²) in [7, 11) is 1.80. The van der Waals surface area contributed by atoms with Gasteiger partial charge in [0.05, 0.1) is 11.9 Å².